The molecule has 1 unspecified atom stereocenters. The van der Waals surface area contributed by atoms with E-state index in [2.05, 4.69) is 25.6 Å². The van der Waals surface area contributed by atoms with Crippen LogP contribution in [0.4, 0.5) is 4.39 Å². The zero-order valence-electron chi connectivity index (χ0n) is 10.9. The summed E-state index contributed by atoms with van der Waals surface area (Å²) in [6, 6.07) is 4.59. The highest BCUT2D eigenvalue weighted by atomic mass is 79.9. The molecule has 3 nitrogen and oxygen atoms in total. The van der Waals surface area contributed by atoms with Gasteiger partial charge in [-0.05, 0) is 55.8 Å². The quantitative estimate of drug-likeness (QED) is 0.677. The first-order valence-electron chi connectivity index (χ1n) is 5.66. The predicted octanol–water partition coefficient (Wildman–Crippen LogP) is 3.30. The summed E-state index contributed by atoms with van der Waals surface area (Å²) in [4.78, 5) is 4.21. The van der Waals surface area contributed by atoms with Gasteiger partial charge in [0.1, 0.15) is 21.6 Å². The Labute approximate surface area is 119 Å². The minimum absolute atomic E-state index is 0.445. The van der Waals surface area contributed by atoms with Crippen molar-refractivity contribution in [3.05, 3.63) is 28.5 Å². The maximum absolute atomic E-state index is 13.7. The Balaban J connectivity index is 2.91. The Bertz CT molecular complexity index is 398. The molecule has 1 N–H and O–H groups in total. The van der Waals surface area contributed by atoms with Crippen LogP contribution in [0.15, 0.2) is 22.8 Å². The summed E-state index contributed by atoms with van der Waals surface area (Å²) in [6.07, 6.45) is -1.18. The van der Waals surface area contributed by atoms with E-state index < -0.39 is 28.3 Å². The summed E-state index contributed by atoms with van der Waals surface area (Å²) < 4.78 is 28.7. The molecular formula is C12H18BrFN2OS. The molecule has 3 atom stereocenters. The van der Waals surface area contributed by atoms with E-state index in [1.54, 1.807) is 18.2 Å². The van der Waals surface area contributed by atoms with Gasteiger partial charge in [0.05, 0.1) is 5.69 Å². The second kappa shape index (κ2) is 6.32. The number of pyridine rings is 1. The second-order valence-electron chi connectivity index (χ2n) is 5.04. The van der Waals surface area contributed by atoms with E-state index in [0.717, 1.165) is 0 Å². The first-order chi connectivity index (χ1) is 8.21. The third-order valence-electron chi connectivity index (χ3n) is 2.30. The van der Waals surface area contributed by atoms with Crippen LogP contribution in [0.25, 0.3) is 0 Å². The number of nitrogens with one attached hydrogen (secondary N) is 1. The summed E-state index contributed by atoms with van der Waals surface area (Å²) in [5.41, 5.74) is 0.539. The van der Waals surface area contributed by atoms with Crippen LogP contribution in [0.3, 0.4) is 0 Å². The molecule has 0 bridgehead atoms. The third kappa shape index (κ3) is 4.50. The second-order valence-corrected chi connectivity index (χ2v) is 7.85. The van der Waals surface area contributed by atoms with Gasteiger partial charge in [0.25, 0.3) is 0 Å². The predicted molar refractivity (Wildman–Crippen MR) is 76.3 cm³/mol. The normalized spacial score (nSPS) is 17.3. The van der Waals surface area contributed by atoms with Crippen molar-refractivity contribution in [3.63, 3.8) is 0 Å². The first-order valence-corrected chi connectivity index (χ1v) is 7.60. The van der Waals surface area contributed by atoms with Crippen LogP contribution in [0.1, 0.15) is 39.4 Å². The van der Waals surface area contributed by atoms with E-state index in [1.165, 1.54) is 6.92 Å². The van der Waals surface area contributed by atoms with Crippen molar-refractivity contribution in [3.8, 4) is 0 Å². The maximum Gasteiger partial charge on any atom is 0.136 e. The molecule has 0 saturated heterocycles. The molecule has 0 aromatic carbocycles. The van der Waals surface area contributed by atoms with E-state index >= 15 is 0 Å². The van der Waals surface area contributed by atoms with Gasteiger partial charge in [-0.15, -0.1) is 4.72 Å². The Morgan fingerprint density at radius 3 is 2.50 bits per heavy atom. The van der Waals surface area contributed by atoms with Crippen LogP contribution in [0.2, 0.25) is 0 Å². The maximum atomic E-state index is 13.7. The average Bonchev–Trinajstić information content (AvgIpc) is 2.23. The first kappa shape index (κ1) is 15.9. The molecule has 18 heavy (non-hydrogen) atoms. The fourth-order valence-corrected chi connectivity index (χ4v) is 2.53. The molecule has 0 saturated carbocycles. The van der Waals surface area contributed by atoms with E-state index in [1.807, 2.05) is 20.8 Å². The van der Waals surface area contributed by atoms with Crippen LogP contribution < -0.4 is 4.72 Å². The molecule has 0 aliphatic carbocycles. The smallest absolute Gasteiger partial charge is 0.136 e. The van der Waals surface area contributed by atoms with Gasteiger partial charge in [0.2, 0.25) is 0 Å². The Hall–Kier alpha value is -0.170. The van der Waals surface area contributed by atoms with Crippen molar-refractivity contribution < 1.29 is 8.94 Å². The lowest BCUT2D eigenvalue weighted by Gasteiger charge is -2.28. The third-order valence-corrected chi connectivity index (χ3v) is 4.33. The summed E-state index contributed by atoms with van der Waals surface area (Å²) in [7, 11) is 0. The van der Waals surface area contributed by atoms with E-state index in [0.29, 0.717) is 10.3 Å². The van der Waals surface area contributed by atoms with Crippen LogP contribution in [-0.4, -0.2) is 20.5 Å². The molecule has 1 aromatic rings. The number of nitrogens with zero attached hydrogens (tertiary/aromatic N) is 1. The Morgan fingerprint density at radius 2 is 2.06 bits per heavy atom. The summed E-state index contributed by atoms with van der Waals surface area (Å²) >= 11 is 1.91. The van der Waals surface area contributed by atoms with Gasteiger partial charge in [-0.3, -0.25) is 0 Å². The van der Waals surface area contributed by atoms with Crippen molar-refractivity contribution in [1.29, 1.82) is 0 Å². The highest BCUT2D eigenvalue weighted by Gasteiger charge is 2.32. The molecule has 0 spiro atoms. The van der Waals surface area contributed by atoms with Gasteiger partial charge >= 0.3 is 0 Å². The van der Waals surface area contributed by atoms with Gasteiger partial charge in [0.15, 0.2) is 0 Å². The summed E-state index contributed by atoms with van der Waals surface area (Å²) in [5, 5.41) is 0. The largest absolute Gasteiger partial charge is 0.598 e. The fourth-order valence-electron chi connectivity index (χ4n) is 1.28. The van der Waals surface area contributed by atoms with Crippen molar-refractivity contribution in [2.45, 2.75) is 44.7 Å². The monoisotopic (exact) mass is 336 g/mol. The molecule has 0 radical (unpaired) electrons. The SMILES string of the molecule is CC(F)[C@H](N[S@+]([O-])C(C)(C)C)c1cccc(Br)n1. The summed E-state index contributed by atoms with van der Waals surface area (Å²) in [5.74, 6) is 0. The Kier molecular flexibility index (Phi) is 5.58. The standard InChI is InChI=1S/C12H18BrFN2OS/c1-8(14)11(16-18(17)12(2,3)4)9-6-5-7-10(13)15-9/h5-8,11,16H,1-4H3/t8?,11-,18+/m0/s1. The number of alkyl halides is 1. The molecule has 0 amide bonds. The molecular weight excluding hydrogens is 319 g/mol. The van der Waals surface area contributed by atoms with Crippen LogP contribution in [0.5, 0.6) is 0 Å². The van der Waals surface area contributed by atoms with Crippen LogP contribution in [0, 0.1) is 0 Å². The molecule has 1 heterocycles. The lowest BCUT2D eigenvalue weighted by Crippen LogP contribution is -2.43. The molecule has 1 aromatic heterocycles. The fraction of sp³-hybridized carbons (Fsp3) is 0.583. The number of aromatic nitrogens is 1. The van der Waals surface area contributed by atoms with Gasteiger partial charge in [0, 0.05) is 11.4 Å². The van der Waals surface area contributed by atoms with E-state index in [9.17, 15) is 8.94 Å². The highest BCUT2D eigenvalue weighted by Crippen LogP contribution is 2.23. The lowest BCUT2D eigenvalue weighted by molar-refractivity contribution is 0.289. The topological polar surface area (TPSA) is 48.0 Å². The number of hydrogen-bond donors (Lipinski definition) is 1. The van der Waals surface area contributed by atoms with Crippen molar-refractivity contribution in [2.24, 2.45) is 0 Å². The van der Waals surface area contributed by atoms with Crippen molar-refractivity contribution >= 4 is 27.3 Å². The highest BCUT2D eigenvalue weighted by molar-refractivity contribution is 9.10. The van der Waals surface area contributed by atoms with E-state index in [-0.39, 0.29) is 0 Å². The number of halogens is 2. The van der Waals surface area contributed by atoms with E-state index in [4.69, 9.17) is 0 Å². The van der Waals surface area contributed by atoms with Gasteiger partial charge in [-0.1, -0.05) is 6.07 Å². The molecule has 0 aliphatic rings. The van der Waals surface area contributed by atoms with Crippen molar-refractivity contribution in [1.82, 2.24) is 9.71 Å². The molecule has 1 rings (SSSR count). The number of rotatable bonds is 4. The van der Waals surface area contributed by atoms with Gasteiger partial charge in [-0.25, -0.2) is 9.37 Å². The summed E-state index contributed by atoms with van der Waals surface area (Å²) in [6.45, 7) is 6.94. The van der Waals surface area contributed by atoms with Crippen molar-refractivity contribution in [2.75, 3.05) is 0 Å². The lowest BCUT2D eigenvalue weighted by atomic mass is 10.1. The minimum Gasteiger partial charge on any atom is -0.598 e. The van der Waals surface area contributed by atoms with Crippen LogP contribution >= 0.6 is 15.9 Å². The molecule has 102 valence electrons. The zero-order chi connectivity index (χ0) is 13.9. The molecule has 6 heteroatoms. The average molecular weight is 337 g/mol. The Morgan fingerprint density at radius 1 is 1.44 bits per heavy atom. The molecule has 0 fully saturated rings. The molecule has 0 aliphatic heterocycles. The van der Waals surface area contributed by atoms with Gasteiger partial charge in [-0.2, -0.15) is 0 Å². The minimum atomic E-state index is -1.34. The zero-order valence-corrected chi connectivity index (χ0v) is 13.3. The van der Waals surface area contributed by atoms with Crippen LogP contribution in [-0.2, 0) is 11.4 Å². The number of hydrogen-bond acceptors (Lipinski definition) is 3. The van der Waals surface area contributed by atoms with Gasteiger partial charge < -0.3 is 4.55 Å².